The maximum atomic E-state index is 4.44. The van der Waals surface area contributed by atoms with Crippen LogP contribution in [-0.4, -0.2) is 37.5 Å². The van der Waals surface area contributed by atoms with Gasteiger partial charge in [0.25, 0.3) is 0 Å². The molecule has 2 rings (SSSR count). The van der Waals surface area contributed by atoms with Gasteiger partial charge in [0.2, 0.25) is 0 Å². The molecule has 3 nitrogen and oxygen atoms in total. The van der Waals surface area contributed by atoms with Gasteiger partial charge in [0.05, 0.1) is 6.54 Å². The number of hydrogen-bond acceptors (Lipinski definition) is 3. The van der Waals surface area contributed by atoms with E-state index in [0.29, 0.717) is 0 Å². The summed E-state index contributed by atoms with van der Waals surface area (Å²) >= 11 is 0. The smallest absolute Gasteiger partial charge is 0.193 e. The Bertz CT molecular complexity index is 445. The van der Waals surface area contributed by atoms with Gasteiger partial charge in [-0.05, 0) is 43.9 Å². The van der Waals surface area contributed by atoms with Crippen LogP contribution in [0.5, 0.6) is 0 Å². The fourth-order valence-electron chi connectivity index (χ4n) is 2.63. The van der Waals surface area contributed by atoms with Crippen molar-refractivity contribution in [3.8, 4) is 0 Å². The Hall–Kier alpha value is -0.780. The number of nitrogens with one attached hydrogen (secondary N) is 1. The molecule has 19 heavy (non-hydrogen) atoms. The number of aliphatic imine (C=N–C) groups is 1. The lowest BCUT2D eigenvalue weighted by Gasteiger charge is -2.16. The van der Waals surface area contributed by atoms with Gasteiger partial charge in [-0.3, -0.25) is 4.99 Å². The molecule has 1 aliphatic heterocycles. The van der Waals surface area contributed by atoms with Crippen LogP contribution in [0.25, 0.3) is 0 Å². The standard InChI is InChI=1S/C15H23N3.HI/c1-11-9-12(2)14(13(3)10-11)5-6-16-15-17-7-8-18(15)4;/h9-10H,5-8H2,1-4H3,(H,16,17);1H. The molecule has 106 valence electrons. The minimum Gasteiger partial charge on any atom is -0.356 e. The van der Waals surface area contributed by atoms with Crippen LogP contribution in [0, 0.1) is 20.8 Å². The molecule has 4 heteroatoms. The van der Waals surface area contributed by atoms with Gasteiger partial charge >= 0.3 is 0 Å². The second kappa shape index (κ2) is 7.12. The molecule has 0 aliphatic carbocycles. The lowest BCUT2D eigenvalue weighted by atomic mass is 9.97. The van der Waals surface area contributed by atoms with Crippen LogP contribution in [0.2, 0.25) is 0 Å². The molecule has 1 heterocycles. The fourth-order valence-corrected chi connectivity index (χ4v) is 2.63. The predicted molar refractivity (Wildman–Crippen MR) is 92.7 cm³/mol. The number of guanidine groups is 1. The van der Waals surface area contributed by atoms with Crippen molar-refractivity contribution in [2.24, 2.45) is 4.99 Å². The first-order chi connectivity index (χ1) is 8.58. The molecular weight excluding hydrogens is 349 g/mol. The van der Waals surface area contributed by atoms with E-state index in [1.807, 2.05) is 0 Å². The molecule has 0 saturated carbocycles. The molecule has 1 aromatic carbocycles. The molecular formula is C15H24IN3. The first-order valence-electron chi connectivity index (χ1n) is 6.64. The van der Waals surface area contributed by atoms with E-state index in [4.69, 9.17) is 0 Å². The van der Waals surface area contributed by atoms with Gasteiger partial charge in [-0.1, -0.05) is 17.7 Å². The largest absolute Gasteiger partial charge is 0.356 e. The lowest BCUT2D eigenvalue weighted by Crippen LogP contribution is -2.36. The van der Waals surface area contributed by atoms with Crippen molar-refractivity contribution in [1.82, 2.24) is 10.2 Å². The normalized spacial score (nSPS) is 14.1. The monoisotopic (exact) mass is 373 g/mol. The molecule has 0 spiro atoms. The summed E-state index contributed by atoms with van der Waals surface area (Å²) in [7, 11) is 2.08. The highest BCUT2D eigenvalue weighted by atomic mass is 127. The summed E-state index contributed by atoms with van der Waals surface area (Å²) in [5.74, 6) is 1.04. The van der Waals surface area contributed by atoms with E-state index in [9.17, 15) is 0 Å². The van der Waals surface area contributed by atoms with Crippen LogP contribution in [0.1, 0.15) is 22.3 Å². The second-order valence-corrected chi connectivity index (χ2v) is 5.18. The minimum atomic E-state index is 0. The average molecular weight is 373 g/mol. The summed E-state index contributed by atoms with van der Waals surface area (Å²) < 4.78 is 0. The van der Waals surface area contributed by atoms with Crippen molar-refractivity contribution < 1.29 is 0 Å². The highest BCUT2D eigenvalue weighted by molar-refractivity contribution is 14.0. The van der Waals surface area contributed by atoms with Crippen molar-refractivity contribution in [2.45, 2.75) is 27.2 Å². The first-order valence-corrected chi connectivity index (χ1v) is 6.64. The number of benzene rings is 1. The summed E-state index contributed by atoms with van der Waals surface area (Å²) in [6, 6.07) is 4.53. The molecule has 0 amide bonds. The number of likely N-dealkylation sites (N-methyl/N-ethyl adjacent to an activating group) is 1. The van der Waals surface area contributed by atoms with E-state index in [1.54, 1.807) is 0 Å². The van der Waals surface area contributed by atoms with E-state index in [1.165, 1.54) is 22.3 Å². The Morgan fingerprint density at radius 2 is 1.84 bits per heavy atom. The van der Waals surface area contributed by atoms with Crippen molar-refractivity contribution in [2.75, 3.05) is 26.7 Å². The molecule has 0 radical (unpaired) electrons. The van der Waals surface area contributed by atoms with Gasteiger partial charge in [-0.2, -0.15) is 0 Å². The number of nitrogens with zero attached hydrogens (tertiary/aromatic N) is 2. The van der Waals surface area contributed by atoms with Crippen LogP contribution in [0.15, 0.2) is 17.1 Å². The summed E-state index contributed by atoms with van der Waals surface area (Å²) in [6.07, 6.45) is 1.06. The minimum absolute atomic E-state index is 0. The number of rotatable bonds is 3. The topological polar surface area (TPSA) is 27.6 Å². The van der Waals surface area contributed by atoms with Crippen molar-refractivity contribution >= 4 is 29.9 Å². The zero-order valence-electron chi connectivity index (χ0n) is 12.3. The van der Waals surface area contributed by atoms with Gasteiger partial charge in [-0.15, -0.1) is 24.0 Å². The Morgan fingerprint density at radius 3 is 2.37 bits per heavy atom. The second-order valence-electron chi connectivity index (χ2n) is 5.18. The Labute approximate surface area is 133 Å². The summed E-state index contributed by atoms with van der Waals surface area (Å²) in [5.41, 5.74) is 5.61. The Kier molecular flexibility index (Phi) is 6.10. The highest BCUT2D eigenvalue weighted by Crippen LogP contribution is 2.16. The molecule has 0 saturated heterocycles. The number of hydrogen-bond donors (Lipinski definition) is 1. The molecule has 0 atom stereocenters. The maximum absolute atomic E-state index is 4.44. The first kappa shape index (κ1) is 16.3. The Balaban J connectivity index is 0.00000180. The molecule has 1 aliphatic rings. The zero-order valence-corrected chi connectivity index (χ0v) is 14.6. The number of aryl methyl sites for hydroxylation is 3. The SMILES string of the molecule is Cc1cc(C)c(CCNC2=NCCN2C)c(C)c1.I. The van der Waals surface area contributed by atoms with Gasteiger partial charge in [0.1, 0.15) is 0 Å². The van der Waals surface area contributed by atoms with Gasteiger partial charge < -0.3 is 10.2 Å². The van der Waals surface area contributed by atoms with Crippen LogP contribution < -0.4 is 5.32 Å². The maximum Gasteiger partial charge on any atom is 0.193 e. The van der Waals surface area contributed by atoms with Gasteiger partial charge in [0.15, 0.2) is 5.96 Å². The zero-order chi connectivity index (χ0) is 13.1. The van der Waals surface area contributed by atoms with Gasteiger partial charge in [-0.25, -0.2) is 0 Å². The quantitative estimate of drug-likeness (QED) is 0.826. The van der Waals surface area contributed by atoms with E-state index < -0.39 is 0 Å². The van der Waals surface area contributed by atoms with Crippen LogP contribution in [0.3, 0.4) is 0 Å². The van der Waals surface area contributed by atoms with Crippen molar-refractivity contribution in [3.05, 3.63) is 34.4 Å². The third-order valence-electron chi connectivity index (χ3n) is 3.56. The molecule has 0 bridgehead atoms. The van der Waals surface area contributed by atoms with E-state index in [-0.39, 0.29) is 24.0 Å². The van der Waals surface area contributed by atoms with Crippen LogP contribution in [-0.2, 0) is 6.42 Å². The lowest BCUT2D eigenvalue weighted by molar-refractivity contribution is 0.534. The fraction of sp³-hybridized carbons (Fsp3) is 0.533. The van der Waals surface area contributed by atoms with Crippen molar-refractivity contribution in [3.63, 3.8) is 0 Å². The molecule has 0 fully saturated rings. The summed E-state index contributed by atoms with van der Waals surface area (Å²) in [4.78, 5) is 6.61. The van der Waals surface area contributed by atoms with E-state index in [2.05, 4.69) is 55.2 Å². The number of halogens is 1. The third kappa shape index (κ3) is 4.09. The average Bonchev–Trinajstić information content (AvgIpc) is 2.68. The van der Waals surface area contributed by atoms with Crippen molar-refractivity contribution in [1.29, 1.82) is 0 Å². The van der Waals surface area contributed by atoms with Gasteiger partial charge in [0, 0.05) is 20.1 Å². The van der Waals surface area contributed by atoms with E-state index >= 15 is 0 Å². The highest BCUT2D eigenvalue weighted by Gasteiger charge is 2.11. The van der Waals surface area contributed by atoms with Crippen LogP contribution >= 0.6 is 24.0 Å². The summed E-state index contributed by atoms with van der Waals surface area (Å²) in [6.45, 7) is 9.47. The molecule has 1 N–H and O–H groups in total. The Morgan fingerprint density at radius 1 is 1.21 bits per heavy atom. The van der Waals surface area contributed by atoms with E-state index in [0.717, 1.165) is 32.0 Å². The third-order valence-corrected chi connectivity index (χ3v) is 3.56. The molecule has 1 aromatic rings. The predicted octanol–water partition coefficient (Wildman–Crippen LogP) is 2.66. The molecule has 0 aromatic heterocycles. The summed E-state index contributed by atoms with van der Waals surface area (Å²) in [5, 5.41) is 3.42. The molecule has 0 unspecified atom stereocenters. The van der Waals surface area contributed by atoms with Crippen LogP contribution in [0.4, 0.5) is 0 Å².